The van der Waals surface area contributed by atoms with E-state index in [0.29, 0.717) is 0 Å². The van der Waals surface area contributed by atoms with Crippen LogP contribution in [0.2, 0.25) is 0 Å². The average Bonchev–Trinajstić information content (AvgIpc) is 2.17. The van der Waals surface area contributed by atoms with E-state index in [9.17, 15) is 4.79 Å². The third kappa shape index (κ3) is 1.65. The topological polar surface area (TPSA) is 44.9 Å². The monoisotopic (exact) mass is 144 g/mol. The molecule has 0 aliphatic heterocycles. The zero-order valence-corrected chi connectivity index (χ0v) is 5.92. The van der Waals surface area contributed by atoms with Crippen LogP contribution in [0, 0.1) is 0 Å². The van der Waals surface area contributed by atoms with Crippen molar-refractivity contribution in [3.05, 3.63) is 20.7 Å². The minimum atomic E-state index is 0.0141. The molecule has 0 fully saturated rings. The van der Waals surface area contributed by atoms with Crippen LogP contribution in [0.15, 0.2) is 10.2 Å². The fourth-order valence-corrected chi connectivity index (χ4v) is 1.17. The first kappa shape index (κ1) is 6.51. The largest absolute Gasteiger partial charge is 0.315 e. The number of rotatable bonds is 2. The van der Waals surface area contributed by atoms with E-state index in [2.05, 4.69) is 10.3 Å². The molecule has 9 heavy (non-hydrogen) atoms. The van der Waals surface area contributed by atoms with Gasteiger partial charge < -0.3 is 10.3 Å². The number of H-pyrrole nitrogens is 1. The summed E-state index contributed by atoms with van der Waals surface area (Å²) in [6.07, 6.45) is 0. The Kier molecular flexibility index (Phi) is 2.02. The Morgan fingerprint density at radius 1 is 1.89 bits per heavy atom. The number of aromatic amines is 1. The summed E-state index contributed by atoms with van der Waals surface area (Å²) in [5.74, 6) is 0. The van der Waals surface area contributed by atoms with Gasteiger partial charge in [0, 0.05) is 17.6 Å². The van der Waals surface area contributed by atoms with Crippen molar-refractivity contribution in [2.45, 2.75) is 6.54 Å². The molecule has 0 aliphatic rings. The highest BCUT2D eigenvalue weighted by Gasteiger charge is 1.91. The second kappa shape index (κ2) is 2.80. The Labute approximate surface area is 56.7 Å². The van der Waals surface area contributed by atoms with Gasteiger partial charge in [0.05, 0.1) is 0 Å². The van der Waals surface area contributed by atoms with Crippen LogP contribution in [-0.2, 0) is 6.54 Å². The van der Waals surface area contributed by atoms with E-state index in [1.165, 1.54) is 11.3 Å². The number of aromatic nitrogens is 1. The van der Waals surface area contributed by atoms with Crippen molar-refractivity contribution in [3.63, 3.8) is 0 Å². The molecule has 0 saturated carbocycles. The van der Waals surface area contributed by atoms with Crippen LogP contribution in [0.25, 0.3) is 0 Å². The quantitative estimate of drug-likeness (QED) is 0.621. The molecule has 0 spiro atoms. The molecule has 1 aromatic rings. The van der Waals surface area contributed by atoms with Crippen molar-refractivity contribution in [2.75, 3.05) is 7.05 Å². The van der Waals surface area contributed by atoms with Gasteiger partial charge in [-0.15, -0.1) is 0 Å². The number of thiazole rings is 1. The van der Waals surface area contributed by atoms with E-state index in [-0.39, 0.29) is 4.87 Å². The van der Waals surface area contributed by atoms with Crippen molar-refractivity contribution in [3.8, 4) is 0 Å². The van der Waals surface area contributed by atoms with Crippen molar-refractivity contribution in [2.24, 2.45) is 0 Å². The Hall–Kier alpha value is -0.610. The summed E-state index contributed by atoms with van der Waals surface area (Å²) >= 11 is 1.19. The molecule has 0 aromatic carbocycles. The first-order valence-corrected chi connectivity index (χ1v) is 3.52. The molecule has 0 amide bonds. The molecular weight excluding hydrogens is 136 g/mol. The molecule has 1 heterocycles. The second-order valence-electron chi connectivity index (χ2n) is 1.70. The van der Waals surface area contributed by atoms with Crippen molar-refractivity contribution in [1.29, 1.82) is 0 Å². The van der Waals surface area contributed by atoms with Gasteiger partial charge in [-0.2, -0.15) is 0 Å². The molecule has 1 rings (SSSR count). The summed E-state index contributed by atoms with van der Waals surface area (Å²) in [5, 5.41) is 4.75. The summed E-state index contributed by atoms with van der Waals surface area (Å²) in [6.45, 7) is 0.735. The van der Waals surface area contributed by atoms with E-state index < -0.39 is 0 Å². The summed E-state index contributed by atoms with van der Waals surface area (Å²) < 4.78 is 0. The molecule has 0 aliphatic carbocycles. The van der Waals surface area contributed by atoms with Gasteiger partial charge >= 0.3 is 4.87 Å². The molecule has 0 saturated heterocycles. The van der Waals surface area contributed by atoms with Gasteiger partial charge in [-0.3, -0.25) is 4.79 Å². The van der Waals surface area contributed by atoms with E-state index in [1.54, 1.807) is 0 Å². The number of nitrogens with one attached hydrogen (secondary N) is 2. The predicted molar refractivity (Wildman–Crippen MR) is 37.7 cm³/mol. The van der Waals surface area contributed by atoms with Gasteiger partial charge in [0.15, 0.2) is 0 Å². The lowest BCUT2D eigenvalue weighted by atomic mass is 10.5. The maximum atomic E-state index is 10.5. The van der Waals surface area contributed by atoms with Gasteiger partial charge in [0.2, 0.25) is 0 Å². The normalized spacial score (nSPS) is 9.89. The first-order chi connectivity index (χ1) is 4.33. The van der Waals surface area contributed by atoms with Crippen LogP contribution in [0.5, 0.6) is 0 Å². The fraction of sp³-hybridized carbons (Fsp3) is 0.400. The predicted octanol–water partition coefficient (Wildman–Crippen LogP) is 0.156. The molecule has 3 nitrogen and oxygen atoms in total. The van der Waals surface area contributed by atoms with Crippen molar-refractivity contribution >= 4 is 11.3 Å². The Bertz CT molecular complexity index is 227. The minimum absolute atomic E-state index is 0.0141. The lowest BCUT2D eigenvalue weighted by Gasteiger charge is -1.89. The summed E-state index contributed by atoms with van der Waals surface area (Å²) in [4.78, 5) is 13.2. The highest BCUT2D eigenvalue weighted by Crippen LogP contribution is 1.92. The van der Waals surface area contributed by atoms with Crippen LogP contribution < -0.4 is 10.2 Å². The molecule has 0 radical (unpaired) electrons. The maximum absolute atomic E-state index is 10.5. The van der Waals surface area contributed by atoms with Gasteiger partial charge in [-0.05, 0) is 7.05 Å². The van der Waals surface area contributed by atoms with Crippen molar-refractivity contribution < 1.29 is 0 Å². The Balaban J connectivity index is 2.73. The highest BCUT2D eigenvalue weighted by molar-refractivity contribution is 7.07. The van der Waals surface area contributed by atoms with E-state index in [0.717, 1.165) is 12.2 Å². The molecule has 0 atom stereocenters. The maximum Gasteiger partial charge on any atom is 0.304 e. The number of hydrogen-bond donors (Lipinski definition) is 2. The zero-order chi connectivity index (χ0) is 6.69. The second-order valence-corrected chi connectivity index (χ2v) is 2.55. The minimum Gasteiger partial charge on any atom is -0.315 e. The number of hydrogen-bond acceptors (Lipinski definition) is 3. The first-order valence-electron chi connectivity index (χ1n) is 2.64. The third-order valence-electron chi connectivity index (χ3n) is 0.938. The van der Waals surface area contributed by atoms with Crippen LogP contribution in [0.4, 0.5) is 0 Å². The van der Waals surface area contributed by atoms with Crippen LogP contribution >= 0.6 is 11.3 Å². The molecule has 0 unspecified atom stereocenters. The Morgan fingerprint density at radius 3 is 3.11 bits per heavy atom. The van der Waals surface area contributed by atoms with Crippen LogP contribution in [0.3, 0.4) is 0 Å². The van der Waals surface area contributed by atoms with E-state index in [1.807, 2.05) is 12.4 Å². The molecule has 0 bridgehead atoms. The smallest absolute Gasteiger partial charge is 0.304 e. The van der Waals surface area contributed by atoms with E-state index >= 15 is 0 Å². The van der Waals surface area contributed by atoms with Gasteiger partial charge in [-0.25, -0.2) is 0 Å². The molecule has 4 heteroatoms. The SMILES string of the molecule is CNCc1csc(=O)[nH]1. The fourth-order valence-electron chi connectivity index (χ4n) is 0.591. The van der Waals surface area contributed by atoms with Gasteiger partial charge in [0.25, 0.3) is 0 Å². The summed E-state index contributed by atoms with van der Waals surface area (Å²) in [6, 6.07) is 0. The van der Waals surface area contributed by atoms with Crippen LogP contribution in [0.1, 0.15) is 5.69 Å². The lowest BCUT2D eigenvalue weighted by Crippen LogP contribution is -2.06. The highest BCUT2D eigenvalue weighted by atomic mass is 32.1. The lowest BCUT2D eigenvalue weighted by molar-refractivity contribution is 0.795. The van der Waals surface area contributed by atoms with Gasteiger partial charge in [-0.1, -0.05) is 11.3 Å². The molecule has 2 N–H and O–H groups in total. The van der Waals surface area contributed by atoms with E-state index in [4.69, 9.17) is 0 Å². The van der Waals surface area contributed by atoms with Crippen molar-refractivity contribution in [1.82, 2.24) is 10.3 Å². The zero-order valence-electron chi connectivity index (χ0n) is 5.10. The molecule has 50 valence electrons. The standard InChI is InChI=1S/C5H8N2OS/c1-6-2-4-3-9-5(8)7-4/h3,6H,2H2,1H3,(H,7,8). The Morgan fingerprint density at radius 2 is 2.67 bits per heavy atom. The van der Waals surface area contributed by atoms with Gasteiger partial charge in [0.1, 0.15) is 0 Å². The third-order valence-corrected chi connectivity index (χ3v) is 1.66. The van der Waals surface area contributed by atoms with Crippen LogP contribution in [-0.4, -0.2) is 12.0 Å². The summed E-state index contributed by atoms with van der Waals surface area (Å²) in [7, 11) is 1.84. The molecule has 1 aromatic heterocycles. The average molecular weight is 144 g/mol. The summed E-state index contributed by atoms with van der Waals surface area (Å²) in [5.41, 5.74) is 0.951. The molecular formula is C5H8N2OS.